The lowest BCUT2D eigenvalue weighted by atomic mass is 9.81. The van der Waals surface area contributed by atoms with Crippen molar-refractivity contribution in [3.05, 3.63) is 0 Å². The molecule has 0 aliphatic carbocycles. The molecule has 0 aromatic carbocycles. The summed E-state index contributed by atoms with van der Waals surface area (Å²) in [4.78, 5) is 0. The second-order valence-corrected chi connectivity index (χ2v) is 10.4. The summed E-state index contributed by atoms with van der Waals surface area (Å²) in [5, 5.41) is 5.17. The lowest BCUT2D eigenvalue weighted by molar-refractivity contribution is -0.668. The highest BCUT2D eigenvalue weighted by Gasteiger charge is 2.39. The van der Waals surface area contributed by atoms with Crippen molar-refractivity contribution in [1.29, 1.82) is 0 Å². The molecule has 22 heavy (non-hydrogen) atoms. The van der Waals surface area contributed by atoms with Gasteiger partial charge >= 0.3 is 0 Å². The monoisotopic (exact) mass is 313 g/mol. The maximum Gasteiger partial charge on any atom is 0.182 e. The molecule has 0 bridgehead atoms. The molecule has 2 heteroatoms. The molecule has 0 aliphatic heterocycles. The van der Waals surface area contributed by atoms with Crippen molar-refractivity contribution in [3.8, 4) is 0 Å². The van der Waals surface area contributed by atoms with Gasteiger partial charge in [-0.2, -0.15) is 0 Å². The maximum absolute atomic E-state index is 8.19. The van der Waals surface area contributed by atoms with Crippen LogP contribution in [0, 0.1) is 10.8 Å². The molecular formula is C20H43N2+. The Morgan fingerprint density at radius 3 is 1.73 bits per heavy atom. The van der Waals surface area contributed by atoms with Crippen molar-refractivity contribution in [3.63, 3.8) is 0 Å². The molecule has 0 saturated heterocycles. The van der Waals surface area contributed by atoms with Crippen molar-refractivity contribution in [2.24, 2.45) is 15.9 Å². The molecule has 0 radical (unpaired) electrons. The highest BCUT2D eigenvalue weighted by atomic mass is 15.3. The van der Waals surface area contributed by atoms with E-state index in [-0.39, 0.29) is 21.9 Å². The normalized spacial score (nSPS) is 18.1. The number of nitrogens with zero attached hydrogens (tertiary/aromatic N) is 2. The van der Waals surface area contributed by atoms with Gasteiger partial charge in [-0.05, 0) is 36.2 Å². The average Bonchev–Trinajstić information content (AvgIpc) is 2.28. The number of hydrogen-bond donors (Lipinski definition) is 0. The fourth-order valence-electron chi connectivity index (χ4n) is 3.64. The minimum Gasteiger partial charge on any atom is -0.122 e. The van der Waals surface area contributed by atoms with E-state index in [0.717, 1.165) is 32.2 Å². The summed E-state index contributed by atoms with van der Waals surface area (Å²) in [5.41, 5.74) is 0.164. The summed E-state index contributed by atoms with van der Waals surface area (Å²) in [5.74, 6) is 0. The van der Waals surface area contributed by atoms with Gasteiger partial charge in [-0.3, -0.25) is 0 Å². The molecule has 0 spiro atoms. The quantitative estimate of drug-likeness (QED) is 0.368. The molecule has 0 fully saturated rings. The molecule has 1 unspecified atom stereocenters. The van der Waals surface area contributed by atoms with Gasteiger partial charge in [-0.1, -0.05) is 54.9 Å². The van der Waals surface area contributed by atoms with E-state index in [0.29, 0.717) is 6.90 Å². The van der Waals surface area contributed by atoms with Crippen molar-refractivity contribution in [1.82, 2.24) is 0 Å². The van der Waals surface area contributed by atoms with E-state index < -0.39 is 0 Å². The molecule has 0 aromatic heterocycles. The molecule has 0 N–H and O–H groups in total. The lowest BCUT2D eigenvalue weighted by Gasteiger charge is -2.32. The number of azo groups is 2. The third kappa shape index (κ3) is 9.58. The minimum atomic E-state index is -0.192. The van der Waals surface area contributed by atoms with Crippen LogP contribution >= 0.6 is 0 Å². The highest BCUT2D eigenvalue weighted by Crippen LogP contribution is 2.33. The van der Waals surface area contributed by atoms with Crippen LogP contribution in [0.3, 0.4) is 0 Å². The second kappa shape index (κ2) is 7.45. The van der Waals surface area contributed by atoms with Gasteiger partial charge in [-0.25, -0.2) is 0 Å². The van der Waals surface area contributed by atoms with E-state index in [1.54, 1.807) is 0 Å². The van der Waals surface area contributed by atoms with E-state index in [1.165, 1.54) is 0 Å². The van der Waals surface area contributed by atoms with Crippen LogP contribution in [0.25, 0.3) is 0 Å². The molecule has 1 atom stereocenters. The Bertz CT molecular complexity index is 385. The van der Waals surface area contributed by atoms with E-state index in [4.69, 9.17) is 6.49 Å². The van der Waals surface area contributed by atoms with E-state index in [9.17, 15) is 0 Å². The molecule has 2 nitrogen and oxygen atoms in total. The van der Waals surface area contributed by atoms with Crippen LogP contribution in [0.15, 0.2) is 5.11 Å². The van der Waals surface area contributed by atoms with Crippen LogP contribution in [-0.2, 0) is 0 Å². The summed E-state index contributed by atoms with van der Waals surface area (Å²) >= 11 is 0. The van der Waals surface area contributed by atoms with Gasteiger partial charge in [0.25, 0.3) is 0 Å². The first-order chi connectivity index (χ1) is 10.1. The summed E-state index contributed by atoms with van der Waals surface area (Å²) in [6, 6.07) is 0. The fraction of sp³-hybridized carbons (Fsp3) is 1.00. The molecule has 0 aliphatic rings. The van der Waals surface area contributed by atoms with Crippen molar-refractivity contribution >= 4 is 0 Å². The summed E-state index contributed by atoms with van der Waals surface area (Å²) in [6.45, 7) is 23.9. The second-order valence-electron chi connectivity index (χ2n) is 10.4. The lowest BCUT2D eigenvalue weighted by Crippen LogP contribution is -2.42. The van der Waals surface area contributed by atoms with Crippen LogP contribution in [-0.4, -0.2) is 22.3 Å². The summed E-state index contributed by atoms with van der Waals surface area (Å²) in [7, 11) is 0. The first-order valence-corrected chi connectivity index (χ1v) is 8.94. The van der Waals surface area contributed by atoms with E-state index >= 15 is 0 Å². The Morgan fingerprint density at radius 2 is 1.36 bits per heavy atom. The Balaban J connectivity index is 5.67. The van der Waals surface area contributed by atoms with Gasteiger partial charge in [0, 0.05) is 28.0 Å². The van der Waals surface area contributed by atoms with Gasteiger partial charge in [-0.15, -0.1) is 4.70 Å². The third-order valence-corrected chi connectivity index (χ3v) is 3.61. The zero-order valence-corrected chi connectivity index (χ0v) is 17.1. The Hall–Kier alpha value is -0.400. The van der Waals surface area contributed by atoms with Gasteiger partial charge < -0.3 is 0 Å². The first kappa shape index (κ1) is 19.6. The summed E-state index contributed by atoms with van der Waals surface area (Å²) < 4.78 is 10.5. The van der Waals surface area contributed by atoms with Gasteiger partial charge in [0.2, 0.25) is 0 Å². The molecule has 0 aromatic rings. The minimum absolute atomic E-state index is 0.0969. The van der Waals surface area contributed by atoms with Gasteiger partial charge in [0.1, 0.15) is 5.54 Å². The van der Waals surface area contributed by atoms with Crippen LogP contribution in [0.2, 0.25) is 0 Å². The van der Waals surface area contributed by atoms with Crippen molar-refractivity contribution < 1.29 is 6.07 Å². The van der Waals surface area contributed by atoms with Crippen molar-refractivity contribution in [2.75, 3.05) is 6.54 Å². The number of rotatable bonds is 7. The molecule has 0 amide bonds. The van der Waals surface area contributed by atoms with Gasteiger partial charge in [0.05, 0.1) is 0 Å². The SMILES string of the molecule is [3H]CC(C)(CC(C)(C)C)[N+](CCCC)=NC(C)(C)CC(C)(C)C. The third-order valence-electron chi connectivity index (χ3n) is 3.61. The standard InChI is InChI=1S/C20H43N2/c1-12-13-14-22(20(10,11)16-18(5,6)7)21-19(8,9)15-17(2,3)4/h12-16H2,1-11H3/q+1/i10T. The fourth-order valence-corrected chi connectivity index (χ4v) is 3.64. The largest absolute Gasteiger partial charge is 0.182 e. The first-order valence-electron chi connectivity index (χ1n) is 9.65. The Kier molecular flexibility index (Phi) is 6.65. The van der Waals surface area contributed by atoms with Crippen LogP contribution in [0.4, 0.5) is 0 Å². The highest BCUT2D eigenvalue weighted by molar-refractivity contribution is 4.82. The molecule has 132 valence electrons. The maximum atomic E-state index is 8.19. The zero-order chi connectivity index (χ0) is 18.5. The molecular weight excluding hydrogens is 268 g/mol. The Morgan fingerprint density at radius 1 is 0.864 bits per heavy atom. The number of unbranched alkanes of at least 4 members (excludes halogenated alkanes) is 1. The topological polar surface area (TPSA) is 15.4 Å². The molecule has 0 heterocycles. The average molecular weight is 314 g/mol. The van der Waals surface area contributed by atoms with Crippen molar-refractivity contribution in [2.45, 2.75) is 113 Å². The smallest absolute Gasteiger partial charge is 0.122 e. The van der Waals surface area contributed by atoms with Crippen LogP contribution < -0.4 is 0 Å². The predicted octanol–water partition coefficient (Wildman–Crippen LogP) is 6.68. The molecule has 0 saturated carbocycles. The van der Waals surface area contributed by atoms with Crippen LogP contribution in [0.1, 0.15) is 103 Å². The van der Waals surface area contributed by atoms with E-state index in [1.807, 2.05) is 0 Å². The van der Waals surface area contributed by atoms with E-state index in [2.05, 4.69) is 73.9 Å². The Labute approximate surface area is 142 Å². The predicted molar refractivity (Wildman–Crippen MR) is 98.8 cm³/mol. The summed E-state index contributed by atoms with van der Waals surface area (Å²) in [6.07, 6.45) is 4.33. The zero-order valence-electron chi connectivity index (χ0n) is 18.1. The van der Waals surface area contributed by atoms with Crippen LogP contribution in [0.5, 0.6) is 0 Å². The van der Waals surface area contributed by atoms with Gasteiger partial charge in [0.15, 0.2) is 12.1 Å². The number of hydrogen-bond acceptors (Lipinski definition) is 1. The molecule has 0 rings (SSSR count).